The summed E-state index contributed by atoms with van der Waals surface area (Å²) in [6, 6.07) is 11.2. The van der Waals surface area contributed by atoms with Gasteiger partial charge in [-0.2, -0.15) is 5.10 Å². The van der Waals surface area contributed by atoms with E-state index in [4.69, 9.17) is 4.74 Å². The molecule has 2 heterocycles. The van der Waals surface area contributed by atoms with Crippen LogP contribution in [0.1, 0.15) is 18.2 Å². The van der Waals surface area contributed by atoms with E-state index in [1.54, 1.807) is 16.9 Å². The number of carbonyl (C=O) groups is 2. The van der Waals surface area contributed by atoms with Crippen LogP contribution in [0.3, 0.4) is 0 Å². The van der Waals surface area contributed by atoms with Gasteiger partial charge in [0, 0.05) is 32.8 Å². The van der Waals surface area contributed by atoms with Crippen molar-refractivity contribution < 1.29 is 14.3 Å². The molecule has 0 radical (unpaired) electrons. The third kappa shape index (κ3) is 4.54. The summed E-state index contributed by atoms with van der Waals surface area (Å²) in [4.78, 5) is 29.2. The molecule has 27 heavy (non-hydrogen) atoms. The number of amides is 2. The lowest BCUT2D eigenvalue weighted by Crippen LogP contribution is -2.60. The van der Waals surface area contributed by atoms with Crippen LogP contribution in [0.15, 0.2) is 42.6 Å². The first-order valence-electron chi connectivity index (χ1n) is 9.25. The smallest absolute Gasteiger partial charge is 0.246 e. The average Bonchev–Trinajstić information content (AvgIpc) is 3.14. The van der Waals surface area contributed by atoms with E-state index in [2.05, 4.69) is 5.10 Å². The first-order chi connectivity index (χ1) is 13.1. The molecule has 0 spiro atoms. The highest BCUT2D eigenvalue weighted by atomic mass is 16.5. The number of piperazine rings is 1. The summed E-state index contributed by atoms with van der Waals surface area (Å²) < 4.78 is 6.91. The number of carbonyl (C=O) groups excluding carboxylic acids is 2. The van der Waals surface area contributed by atoms with Gasteiger partial charge in [-0.3, -0.25) is 14.3 Å². The molecule has 1 aromatic carbocycles. The predicted molar refractivity (Wildman–Crippen MR) is 101 cm³/mol. The largest absolute Gasteiger partial charge is 0.383 e. The maximum atomic E-state index is 13.1. The number of methoxy groups -OCH3 is 1. The van der Waals surface area contributed by atoms with Gasteiger partial charge in [0.25, 0.3) is 0 Å². The first-order valence-corrected chi connectivity index (χ1v) is 9.25. The number of nitrogens with zero attached hydrogens (tertiary/aromatic N) is 4. The van der Waals surface area contributed by atoms with Gasteiger partial charge in [-0.1, -0.05) is 30.3 Å². The fourth-order valence-corrected chi connectivity index (χ4v) is 3.31. The van der Waals surface area contributed by atoms with Crippen LogP contribution in [0, 0.1) is 0 Å². The lowest BCUT2D eigenvalue weighted by molar-refractivity contribution is -0.157. The van der Waals surface area contributed by atoms with Gasteiger partial charge in [0.15, 0.2) is 0 Å². The van der Waals surface area contributed by atoms with Gasteiger partial charge in [0.2, 0.25) is 11.8 Å². The van der Waals surface area contributed by atoms with E-state index in [0.717, 1.165) is 17.8 Å². The van der Waals surface area contributed by atoms with Gasteiger partial charge < -0.3 is 14.5 Å². The fourth-order valence-electron chi connectivity index (χ4n) is 3.31. The fraction of sp³-hybridized carbons (Fsp3) is 0.450. The van der Waals surface area contributed by atoms with Crippen molar-refractivity contribution in [3.8, 4) is 0 Å². The third-order valence-corrected chi connectivity index (χ3v) is 4.81. The van der Waals surface area contributed by atoms with Crippen molar-refractivity contribution in [2.75, 3.05) is 26.8 Å². The van der Waals surface area contributed by atoms with E-state index >= 15 is 0 Å². The van der Waals surface area contributed by atoms with Crippen molar-refractivity contribution in [3.05, 3.63) is 53.9 Å². The summed E-state index contributed by atoms with van der Waals surface area (Å²) in [6.07, 6.45) is 2.38. The number of aryl methyl sites for hydroxylation is 1. The molecule has 2 aromatic rings. The SMILES string of the molecule is CCn1ccc(CN2C(=O)CN(CCOC)C(=O)[C@H]2Cc2ccccc2)n1. The van der Waals surface area contributed by atoms with Crippen molar-refractivity contribution in [2.24, 2.45) is 0 Å². The summed E-state index contributed by atoms with van der Waals surface area (Å²) >= 11 is 0. The molecule has 1 atom stereocenters. The first kappa shape index (κ1) is 19.1. The Kier molecular flexibility index (Phi) is 6.24. The molecule has 0 N–H and O–H groups in total. The second-order valence-electron chi connectivity index (χ2n) is 6.64. The van der Waals surface area contributed by atoms with Gasteiger partial charge in [-0.25, -0.2) is 0 Å². The summed E-state index contributed by atoms with van der Waals surface area (Å²) in [5, 5.41) is 4.47. The molecule has 0 bridgehead atoms. The van der Waals surface area contributed by atoms with Crippen LogP contribution in [-0.4, -0.2) is 64.2 Å². The minimum atomic E-state index is -0.530. The minimum Gasteiger partial charge on any atom is -0.383 e. The average molecular weight is 370 g/mol. The van der Waals surface area contributed by atoms with Crippen LogP contribution in [0.5, 0.6) is 0 Å². The number of rotatable bonds is 8. The number of hydrogen-bond donors (Lipinski definition) is 0. The number of hydrogen-bond acceptors (Lipinski definition) is 4. The molecule has 0 unspecified atom stereocenters. The second kappa shape index (κ2) is 8.81. The van der Waals surface area contributed by atoms with Gasteiger partial charge >= 0.3 is 0 Å². The van der Waals surface area contributed by atoms with Gasteiger partial charge in [-0.15, -0.1) is 0 Å². The standard InChI is InChI=1S/C20H26N4O3/c1-3-23-10-9-17(21-23)14-24-18(13-16-7-5-4-6-8-16)20(26)22(11-12-27-2)15-19(24)25/h4-10,18H,3,11-15H2,1-2H3/t18-/m1/s1. The summed E-state index contributed by atoms with van der Waals surface area (Å²) in [7, 11) is 1.59. The molecule has 3 rings (SSSR count). The second-order valence-corrected chi connectivity index (χ2v) is 6.64. The van der Waals surface area contributed by atoms with E-state index in [0.29, 0.717) is 26.1 Å². The zero-order valence-electron chi connectivity index (χ0n) is 15.9. The van der Waals surface area contributed by atoms with Crippen molar-refractivity contribution in [1.82, 2.24) is 19.6 Å². The number of benzene rings is 1. The summed E-state index contributed by atoms with van der Waals surface area (Å²) in [5.41, 5.74) is 1.82. The Morgan fingerprint density at radius 1 is 1.19 bits per heavy atom. The van der Waals surface area contributed by atoms with E-state index in [9.17, 15) is 9.59 Å². The normalized spacial score (nSPS) is 17.6. The van der Waals surface area contributed by atoms with Crippen molar-refractivity contribution in [1.29, 1.82) is 0 Å². The molecule has 7 nitrogen and oxygen atoms in total. The zero-order valence-corrected chi connectivity index (χ0v) is 15.9. The zero-order chi connectivity index (χ0) is 19.2. The Bertz CT molecular complexity index is 775. The van der Waals surface area contributed by atoms with Crippen LogP contribution in [0.2, 0.25) is 0 Å². The molecule has 1 aliphatic heterocycles. The van der Waals surface area contributed by atoms with Crippen LogP contribution in [0.25, 0.3) is 0 Å². The van der Waals surface area contributed by atoms with Crippen LogP contribution >= 0.6 is 0 Å². The maximum absolute atomic E-state index is 13.1. The molecule has 7 heteroatoms. The molecular weight excluding hydrogens is 344 g/mol. The van der Waals surface area contributed by atoms with Gasteiger partial charge in [0.1, 0.15) is 6.04 Å². The lowest BCUT2D eigenvalue weighted by atomic mass is 10.0. The number of ether oxygens (including phenoxy) is 1. The maximum Gasteiger partial charge on any atom is 0.246 e. The van der Waals surface area contributed by atoms with Gasteiger partial charge in [0.05, 0.1) is 25.4 Å². The Morgan fingerprint density at radius 3 is 2.63 bits per heavy atom. The highest BCUT2D eigenvalue weighted by molar-refractivity contribution is 5.95. The van der Waals surface area contributed by atoms with Gasteiger partial charge in [-0.05, 0) is 18.6 Å². The molecule has 1 saturated heterocycles. The molecular formula is C20H26N4O3. The highest BCUT2D eigenvalue weighted by Crippen LogP contribution is 2.20. The predicted octanol–water partition coefficient (Wildman–Crippen LogP) is 1.33. The topological polar surface area (TPSA) is 67.7 Å². The Hall–Kier alpha value is -2.67. The molecule has 0 saturated carbocycles. The van der Waals surface area contributed by atoms with Crippen molar-refractivity contribution in [2.45, 2.75) is 32.5 Å². The Morgan fingerprint density at radius 2 is 1.96 bits per heavy atom. The monoisotopic (exact) mass is 370 g/mol. The van der Waals surface area contributed by atoms with Crippen molar-refractivity contribution >= 4 is 11.8 Å². The molecule has 0 aliphatic carbocycles. The summed E-state index contributed by atoms with van der Waals surface area (Å²) in [5.74, 6) is -0.0943. The molecule has 1 fully saturated rings. The van der Waals surface area contributed by atoms with E-state index in [1.807, 2.05) is 54.2 Å². The van der Waals surface area contributed by atoms with Crippen LogP contribution in [-0.2, 0) is 33.8 Å². The molecule has 1 aromatic heterocycles. The minimum absolute atomic E-state index is 0.0366. The summed E-state index contributed by atoms with van der Waals surface area (Å²) in [6.45, 7) is 4.04. The van der Waals surface area contributed by atoms with Crippen LogP contribution in [0.4, 0.5) is 0 Å². The van der Waals surface area contributed by atoms with E-state index < -0.39 is 6.04 Å². The molecule has 144 valence electrons. The van der Waals surface area contributed by atoms with Crippen molar-refractivity contribution in [3.63, 3.8) is 0 Å². The van der Waals surface area contributed by atoms with E-state index in [1.165, 1.54) is 0 Å². The highest BCUT2D eigenvalue weighted by Gasteiger charge is 2.39. The molecule has 2 amide bonds. The third-order valence-electron chi connectivity index (χ3n) is 4.81. The van der Waals surface area contributed by atoms with E-state index in [-0.39, 0.29) is 18.4 Å². The quantitative estimate of drug-likeness (QED) is 0.703. The molecule has 1 aliphatic rings. The Labute approximate surface area is 159 Å². The Balaban J connectivity index is 1.83. The number of aromatic nitrogens is 2. The lowest BCUT2D eigenvalue weighted by Gasteiger charge is -2.40. The van der Waals surface area contributed by atoms with Crippen LogP contribution < -0.4 is 0 Å².